The maximum absolute atomic E-state index is 12.2. The minimum Gasteiger partial charge on any atom is -0.429 e. The third kappa shape index (κ3) is 3.10. The summed E-state index contributed by atoms with van der Waals surface area (Å²) >= 11 is 0. The lowest BCUT2D eigenvalue weighted by molar-refractivity contribution is -0.225. The van der Waals surface area contributed by atoms with Gasteiger partial charge in [-0.25, -0.2) is 4.79 Å². The Hall–Kier alpha value is -1.43. The van der Waals surface area contributed by atoms with Crippen LogP contribution in [-0.4, -0.2) is 36.4 Å². The monoisotopic (exact) mass is 292 g/mol. The molecule has 0 spiro atoms. The maximum atomic E-state index is 12.2. The molecule has 3 rings (SSSR count). The third-order valence-corrected chi connectivity index (χ3v) is 3.65. The van der Waals surface area contributed by atoms with Crippen molar-refractivity contribution in [3.8, 4) is 0 Å². The Bertz CT molecular complexity index is 513. The molecule has 4 atom stereocenters. The molecule has 2 heterocycles. The number of carbonyl (C=O) groups excluding carboxylic acids is 1. The quantitative estimate of drug-likeness (QED) is 0.784. The van der Waals surface area contributed by atoms with E-state index < -0.39 is 18.0 Å². The van der Waals surface area contributed by atoms with E-state index in [-0.39, 0.29) is 18.3 Å². The van der Waals surface area contributed by atoms with Crippen molar-refractivity contribution in [2.75, 3.05) is 0 Å². The maximum Gasteiger partial charge on any atom is 0.340 e. The zero-order chi connectivity index (χ0) is 15.0. The molecule has 0 aromatic heterocycles. The van der Waals surface area contributed by atoms with E-state index >= 15 is 0 Å². The minimum atomic E-state index is -0.742. The van der Waals surface area contributed by atoms with Gasteiger partial charge in [0.2, 0.25) is 6.29 Å². The third-order valence-electron chi connectivity index (χ3n) is 3.65. The van der Waals surface area contributed by atoms with E-state index in [9.17, 15) is 4.79 Å². The molecule has 0 aliphatic carbocycles. The largest absolute Gasteiger partial charge is 0.429 e. The second-order valence-corrected chi connectivity index (χ2v) is 5.96. The standard InChI is InChI=1S/C16H20O5/c1-10-9-12-13(21-16(2,3)20-12)15(18-10)19-14(17)11-7-5-4-6-8-11/h4-8,10,12-13,15H,9H2,1-3H3/t10-,12-,13-,15-/m0/s1. The van der Waals surface area contributed by atoms with Crippen LogP contribution in [0.2, 0.25) is 0 Å². The summed E-state index contributed by atoms with van der Waals surface area (Å²) in [5.41, 5.74) is 0.494. The number of hydrogen-bond donors (Lipinski definition) is 0. The molecule has 2 saturated heterocycles. The average molecular weight is 292 g/mol. The Morgan fingerprint density at radius 3 is 2.67 bits per heavy atom. The fourth-order valence-electron chi connectivity index (χ4n) is 2.81. The molecular formula is C16H20O5. The van der Waals surface area contributed by atoms with Gasteiger partial charge < -0.3 is 18.9 Å². The van der Waals surface area contributed by atoms with Crippen molar-refractivity contribution in [1.29, 1.82) is 0 Å². The summed E-state index contributed by atoms with van der Waals surface area (Å²) in [7, 11) is 0. The zero-order valence-corrected chi connectivity index (χ0v) is 12.4. The molecule has 5 heteroatoms. The molecule has 21 heavy (non-hydrogen) atoms. The predicted octanol–water partition coefficient (Wildman–Crippen LogP) is 2.50. The van der Waals surface area contributed by atoms with E-state index in [4.69, 9.17) is 18.9 Å². The number of carbonyl (C=O) groups is 1. The van der Waals surface area contributed by atoms with Gasteiger partial charge in [-0.15, -0.1) is 0 Å². The number of esters is 1. The van der Waals surface area contributed by atoms with E-state index in [2.05, 4.69) is 0 Å². The van der Waals surface area contributed by atoms with Crippen molar-refractivity contribution in [3.05, 3.63) is 35.9 Å². The first-order chi connectivity index (χ1) is 9.94. The van der Waals surface area contributed by atoms with Gasteiger partial charge in [-0.1, -0.05) is 18.2 Å². The first kappa shape index (κ1) is 14.5. The summed E-state index contributed by atoms with van der Waals surface area (Å²) < 4.78 is 22.9. The molecule has 0 radical (unpaired) electrons. The van der Waals surface area contributed by atoms with Crippen LogP contribution in [0.4, 0.5) is 0 Å². The molecule has 2 aliphatic heterocycles. The topological polar surface area (TPSA) is 54.0 Å². The van der Waals surface area contributed by atoms with Crippen LogP contribution in [0.5, 0.6) is 0 Å². The van der Waals surface area contributed by atoms with Gasteiger partial charge in [-0.3, -0.25) is 0 Å². The molecule has 1 aromatic rings. The van der Waals surface area contributed by atoms with Crippen LogP contribution < -0.4 is 0 Å². The fraction of sp³-hybridized carbons (Fsp3) is 0.562. The molecule has 0 saturated carbocycles. The summed E-state index contributed by atoms with van der Waals surface area (Å²) in [6.07, 6.45) is -0.556. The average Bonchev–Trinajstić information content (AvgIpc) is 2.74. The lowest BCUT2D eigenvalue weighted by Crippen LogP contribution is -2.48. The van der Waals surface area contributed by atoms with Gasteiger partial charge in [0.05, 0.1) is 17.8 Å². The van der Waals surface area contributed by atoms with E-state index in [1.54, 1.807) is 24.3 Å². The summed E-state index contributed by atoms with van der Waals surface area (Å²) in [6, 6.07) is 8.86. The Labute approximate surface area is 124 Å². The zero-order valence-electron chi connectivity index (χ0n) is 12.4. The van der Waals surface area contributed by atoms with Crippen LogP contribution in [0.15, 0.2) is 30.3 Å². The molecular weight excluding hydrogens is 272 g/mol. The number of fused-ring (bicyclic) bond motifs is 1. The van der Waals surface area contributed by atoms with Gasteiger partial charge in [0.1, 0.15) is 6.10 Å². The summed E-state index contributed by atoms with van der Waals surface area (Å²) in [6.45, 7) is 5.65. The van der Waals surface area contributed by atoms with Gasteiger partial charge in [-0.05, 0) is 32.9 Å². The van der Waals surface area contributed by atoms with Crippen molar-refractivity contribution >= 4 is 5.97 Å². The first-order valence-electron chi connectivity index (χ1n) is 7.22. The van der Waals surface area contributed by atoms with Crippen molar-refractivity contribution < 1.29 is 23.7 Å². The van der Waals surface area contributed by atoms with Crippen LogP contribution in [-0.2, 0) is 18.9 Å². The van der Waals surface area contributed by atoms with Crippen LogP contribution in [0.3, 0.4) is 0 Å². The van der Waals surface area contributed by atoms with Gasteiger partial charge in [0.15, 0.2) is 5.79 Å². The van der Waals surface area contributed by atoms with Gasteiger partial charge in [0.25, 0.3) is 0 Å². The second-order valence-electron chi connectivity index (χ2n) is 5.96. The fourth-order valence-corrected chi connectivity index (χ4v) is 2.81. The van der Waals surface area contributed by atoms with Crippen LogP contribution in [0.25, 0.3) is 0 Å². The van der Waals surface area contributed by atoms with Crippen LogP contribution >= 0.6 is 0 Å². The van der Waals surface area contributed by atoms with Crippen molar-refractivity contribution in [1.82, 2.24) is 0 Å². The Morgan fingerprint density at radius 2 is 1.95 bits per heavy atom. The highest BCUT2D eigenvalue weighted by Crippen LogP contribution is 2.37. The Balaban J connectivity index is 1.73. The first-order valence-corrected chi connectivity index (χ1v) is 7.22. The molecule has 2 fully saturated rings. The van der Waals surface area contributed by atoms with Gasteiger partial charge in [0, 0.05) is 6.42 Å². The normalized spacial score (nSPS) is 34.2. The van der Waals surface area contributed by atoms with Crippen molar-refractivity contribution in [3.63, 3.8) is 0 Å². The summed E-state index contributed by atoms with van der Waals surface area (Å²) in [5, 5.41) is 0. The van der Waals surface area contributed by atoms with E-state index in [1.807, 2.05) is 26.8 Å². The molecule has 5 nitrogen and oxygen atoms in total. The van der Waals surface area contributed by atoms with Crippen LogP contribution in [0, 0.1) is 0 Å². The smallest absolute Gasteiger partial charge is 0.340 e. The van der Waals surface area contributed by atoms with Gasteiger partial charge >= 0.3 is 5.97 Å². The number of rotatable bonds is 2. The summed E-state index contributed by atoms with van der Waals surface area (Å²) in [4.78, 5) is 12.2. The van der Waals surface area contributed by atoms with E-state index in [0.717, 1.165) is 6.42 Å². The van der Waals surface area contributed by atoms with Crippen molar-refractivity contribution in [2.45, 2.75) is 57.6 Å². The van der Waals surface area contributed by atoms with E-state index in [0.29, 0.717) is 5.56 Å². The highest BCUT2D eigenvalue weighted by Gasteiger charge is 2.51. The molecule has 0 bridgehead atoms. The SMILES string of the molecule is C[C@H]1C[C@@H]2OC(C)(C)O[C@@H]2[C@H](OC(=O)c2ccccc2)O1. The Kier molecular flexibility index (Phi) is 3.73. The lowest BCUT2D eigenvalue weighted by atomic mass is 10.0. The summed E-state index contributed by atoms with van der Waals surface area (Å²) in [5.74, 6) is -1.10. The molecule has 1 aromatic carbocycles. The van der Waals surface area contributed by atoms with E-state index in [1.165, 1.54) is 0 Å². The van der Waals surface area contributed by atoms with Crippen LogP contribution in [0.1, 0.15) is 37.6 Å². The highest BCUT2D eigenvalue weighted by atomic mass is 16.8. The number of benzene rings is 1. The second kappa shape index (κ2) is 5.40. The molecule has 2 aliphatic rings. The molecule has 0 N–H and O–H groups in total. The lowest BCUT2D eigenvalue weighted by Gasteiger charge is -2.34. The molecule has 0 amide bonds. The molecule has 114 valence electrons. The minimum absolute atomic E-state index is 0.0441. The highest BCUT2D eigenvalue weighted by molar-refractivity contribution is 5.89. The molecule has 0 unspecified atom stereocenters. The Morgan fingerprint density at radius 1 is 1.24 bits per heavy atom. The number of hydrogen-bond acceptors (Lipinski definition) is 5. The van der Waals surface area contributed by atoms with Gasteiger partial charge in [-0.2, -0.15) is 0 Å². The van der Waals surface area contributed by atoms with Crippen molar-refractivity contribution in [2.24, 2.45) is 0 Å². The number of ether oxygens (including phenoxy) is 4. The predicted molar refractivity (Wildman–Crippen MR) is 74.6 cm³/mol.